The minimum atomic E-state index is -0.240. The fourth-order valence-corrected chi connectivity index (χ4v) is 2.85. The number of rotatable bonds is 3. The number of carbonyl (C=O) groups excluding carboxylic acids is 2. The maximum atomic E-state index is 12.5. The molecule has 1 amide bonds. The van der Waals surface area contributed by atoms with Gasteiger partial charge in [0.05, 0.1) is 0 Å². The third-order valence-corrected chi connectivity index (χ3v) is 4.39. The van der Waals surface area contributed by atoms with Crippen LogP contribution in [0.25, 0.3) is 0 Å². The zero-order chi connectivity index (χ0) is 18.0. The minimum Gasteiger partial charge on any atom is -0.368 e. The molecule has 7 heteroatoms. The molecule has 0 N–H and O–H groups in total. The summed E-state index contributed by atoms with van der Waals surface area (Å²) in [6.07, 6.45) is 0. The van der Waals surface area contributed by atoms with E-state index in [0.717, 1.165) is 5.69 Å². The molecule has 7 nitrogen and oxygen atoms in total. The summed E-state index contributed by atoms with van der Waals surface area (Å²) in [6, 6.07) is 10.3. The van der Waals surface area contributed by atoms with Gasteiger partial charge >= 0.3 is 0 Å². The van der Waals surface area contributed by atoms with E-state index in [1.807, 2.05) is 24.3 Å². The van der Waals surface area contributed by atoms with Crippen LogP contribution in [0.3, 0.4) is 0 Å². The van der Waals surface area contributed by atoms with Crippen molar-refractivity contribution in [2.45, 2.75) is 6.92 Å². The second-order valence-electron chi connectivity index (χ2n) is 6.06. The van der Waals surface area contributed by atoms with Crippen molar-refractivity contribution < 1.29 is 9.59 Å². The van der Waals surface area contributed by atoms with Gasteiger partial charge in [-0.25, -0.2) is 4.68 Å². The molecule has 1 saturated heterocycles. The molecular weight excluding hydrogens is 320 g/mol. The number of hydrogen-bond acceptors (Lipinski definition) is 5. The molecule has 0 bridgehead atoms. The van der Waals surface area contributed by atoms with Crippen LogP contribution < -0.4 is 10.5 Å². The van der Waals surface area contributed by atoms with Crippen molar-refractivity contribution in [3.05, 3.63) is 58.0 Å². The van der Waals surface area contributed by atoms with Crippen LogP contribution in [0.5, 0.6) is 0 Å². The SMILES string of the molecule is CC(=O)c1ccc(N2CCN(C(=O)c3ccc(=O)n(C)n3)CC2)cc1. The normalized spacial score (nSPS) is 14.5. The van der Waals surface area contributed by atoms with Crippen LogP contribution in [0.4, 0.5) is 5.69 Å². The number of amides is 1. The van der Waals surface area contributed by atoms with Gasteiger partial charge < -0.3 is 9.80 Å². The third kappa shape index (κ3) is 3.60. The summed E-state index contributed by atoms with van der Waals surface area (Å²) in [6.45, 7) is 4.12. The average Bonchev–Trinajstić information content (AvgIpc) is 2.63. The van der Waals surface area contributed by atoms with Gasteiger partial charge in [0.1, 0.15) is 5.69 Å². The quantitative estimate of drug-likeness (QED) is 0.778. The first-order valence-electron chi connectivity index (χ1n) is 8.15. The molecule has 2 heterocycles. The highest BCUT2D eigenvalue weighted by molar-refractivity contribution is 5.94. The van der Waals surface area contributed by atoms with Crippen molar-refractivity contribution >= 4 is 17.4 Å². The molecule has 0 aliphatic carbocycles. The van der Waals surface area contributed by atoms with E-state index in [4.69, 9.17) is 0 Å². The van der Waals surface area contributed by atoms with Crippen molar-refractivity contribution in [3.8, 4) is 0 Å². The molecule has 25 heavy (non-hydrogen) atoms. The lowest BCUT2D eigenvalue weighted by atomic mass is 10.1. The van der Waals surface area contributed by atoms with E-state index in [1.165, 1.54) is 23.9 Å². The predicted molar refractivity (Wildman–Crippen MR) is 94.0 cm³/mol. The second-order valence-corrected chi connectivity index (χ2v) is 6.06. The molecule has 1 aromatic carbocycles. The summed E-state index contributed by atoms with van der Waals surface area (Å²) in [7, 11) is 1.53. The molecule has 0 radical (unpaired) electrons. The first-order valence-corrected chi connectivity index (χ1v) is 8.15. The first kappa shape index (κ1) is 16.9. The lowest BCUT2D eigenvalue weighted by Crippen LogP contribution is -2.49. The van der Waals surface area contributed by atoms with Crippen molar-refractivity contribution in [2.24, 2.45) is 7.05 Å². The number of benzene rings is 1. The van der Waals surface area contributed by atoms with Gasteiger partial charge in [-0.1, -0.05) is 0 Å². The second kappa shape index (κ2) is 6.88. The highest BCUT2D eigenvalue weighted by Crippen LogP contribution is 2.18. The number of carbonyl (C=O) groups is 2. The molecule has 2 aromatic rings. The van der Waals surface area contributed by atoms with Gasteiger partial charge in [0.25, 0.3) is 11.5 Å². The summed E-state index contributed by atoms with van der Waals surface area (Å²) in [5, 5.41) is 4.02. The van der Waals surface area contributed by atoms with Crippen LogP contribution in [-0.4, -0.2) is 52.5 Å². The molecule has 1 fully saturated rings. The van der Waals surface area contributed by atoms with Gasteiger partial charge in [0, 0.05) is 50.5 Å². The Kier molecular flexibility index (Phi) is 4.65. The number of ketones is 1. The van der Waals surface area contributed by atoms with E-state index < -0.39 is 0 Å². The highest BCUT2D eigenvalue weighted by atomic mass is 16.2. The lowest BCUT2D eigenvalue weighted by molar-refractivity contribution is 0.0738. The van der Waals surface area contributed by atoms with Crippen molar-refractivity contribution in [2.75, 3.05) is 31.1 Å². The Balaban J connectivity index is 1.64. The molecule has 1 aliphatic rings. The van der Waals surface area contributed by atoms with Crippen molar-refractivity contribution in [3.63, 3.8) is 0 Å². The smallest absolute Gasteiger partial charge is 0.274 e. The number of aryl methyl sites for hydroxylation is 1. The maximum absolute atomic E-state index is 12.5. The van der Waals surface area contributed by atoms with Crippen molar-refractivity contribution in [1.29, 1.82) is 0 Å². The molecule has 0 spiro atoms. The van der Waals surface area contributed by atoms with Gasteiger partial charge in [-0.2, -0.15) is 5.10 Å². The van der Waals surface area contributed by atoms with E-state index in [2.05, 4.69) is 10.00 Å². The Morgan fingerprint density at radius 1 is 0.960 bits per heavy atom. The number of nitrogens with zero attached hydrogens (tertiary/aromatic N) is 4. The Morgan fingerprint density at radius 2 is 1.60 bits per heavy atom. The van der Waals surface area contributed by atoms with E-state index in [0.29, 0.717) is 31.7 Å². The molecule has 0 saturated carbocycles. The van der Waals surface area contributed by atoms with Gasteiger partial charge in [0.15, 0.2) is 5.78 Å². The Hall–Kier alpha value is -2.96. The Labute approximate surface area is 145 Å². The van der Waals surface area contributed by atoms with Crippen LogP contribution in [0, 0.1) is 0 Å². The number of piperazine rings is 1. The predicted octanol–water partition coefficient (Wildman–Crippen LogP) is 0.945. The number of hydrogen-bond donors (Lipinski definition) is 0. The van der Waals surface area contributed by atoms with E-state index in [1.54, 1.807) is 11.8 Å². The van der Waals surface area contributed by atoms with Crippen LogP contribution in [-0.2, 0) is 7.05 Å². The number of aromatic nitrogens is 2. The fourth-order valence-electron chi connectivity index (χ4n) is 2.85. The average molecular weight is 340 g/mol. The topological polar surface area (TPSA) is 75.5 Å². The summed E-state index contributed by atoms with van der Waals surface area (Å²) in [5.74, 6) is -0.117. The van der Waals surface area contributed by atoms with E-state index in [-0.39, 0.29) is 22.9 Å². The summed E-state index contributed by atoms with van der Waals surface area (Å²) in [5.41, 5.74) is 1.77. The summed E-state index contributed by atoms with van der Waals surface area (Å²) in [4.78, 5) is 39.2. The van der Waals surface area contributed by atoms with Gasteiger partial charge in [-0.05, 0) is 37.3 Å². The third-order valence-electron chi connectivity index (χ3n) is 4.39. The van der Waals surface area contributed by atoms with Crippen LogP contribution in [0.2, 0.25) is 0 Å². The highest BCUT2D eigenvalue weighted by Gasteiger charge is 2.23. The Morgan fingerprint density at radius 3 is 2.16 bits per heavy atom. The largest absolute Gasteiger partial charge is 0.368 e. The maximum Gasteiger partial charge on any atom is 0.274 e. The minimum absolute atomic E-state index is 0.0479. The fraction of sp³-hybridized carbons (Fsp3) is 0.333. The molecule has 130 valence electrons. The van der Waals surface area contributed by atoms with Crippen LogP contribution in [0.1, 0.15) is 27.8 Å². The zero-order valence-corrected chi connectivity index (χ0v) is 14.3. The molecule has 1 aromatic heterocycles. The number of Topliss-reactive ketones (excluding diaryl/α,β-unsaturated/α-hetero) is 1. The Bertz CT molecular complexity index is 849. The zero-order valence-electron chi connectivity index (χ0n) is 14.3. The standard InChI is InChI=1S/C18H20N4O3/c1-13(23)14-3-5-15(6-4-14)21-9-11-22(12-10-21)18(25)16-7-8-17(24)20(2)19-16/h3-8H,9-12H2,1-2H3. The summed E-state index contributed by atoms with van der Waals surface area (Å²) >= 11 is 0. The van der Waals surface area contributed by atoms with Crippen molar-refractivity contribution in [1.82, 2.24) is 14.7 Å². The van der Waals surface area contributed by atoms with Gasteiger partial charge in [0.2, 0.25) is 0 Å². The number of anilines is 1. The first-order chi connectivity index (χ1) is 12.0. The molecule has 0 atom stereocenters. The molecule has 3 rings (SSSR count). The van der Waals surface area contributed by atoms with Crippen LogP contribution in [0.15, 0.2) is 41.2 Å². The lowest BCUT2D eigenvalue weighted by Gasteiger charge is -2.36. The van der Waals surface area contributed by atoms with E-state index >= 15 is 0 Å². The molecule has 0 unspecified atom stereocenters. The summed E-state index contributed by atoms with van der Waals surface area (Å²) < 4.78 is 1.17. The molecule has 1 aliphatic heterocycles. The van der Waals surface area contributed by atoms with Crippen LogP contribution >= 0.6 is 0 Å². The van der Waals surface area contributed by atoms with Gasteiger partial charge in [-0.3, -0.25) is 14.4 Å². The monoisotopic (exact) mass is 340 g/mol. The van der Waals surface area contributed by atoms with E-state index in [9.17, 15) is 14.4 Å². The molecular formula is C18H20N4O3. The van der Waals surface area contributed by atoms with Gasteiger partial charge in [-0.15, -0.1) is 0 Å².